The quantitative estimate of drug-likeness (QED) is 0.739. The molecule has 1 aliphatic rings. The molecule has 0 fully saturated rings. The fourth-order valence-corrected chi connectivity index (χ4v) is 3.65. The molecule has 0 amide bonds. The van der Waals surface area contributed by atoms with E-state index in [-0.39, 0.29) is 5.75 Å². The first-order chi connectivity index (χ1) is 12.5. The summed E-state index contributed by atoms with van der Waals surface area (Å²) in [5.41, 5.74) is 3.12. The van der Waals surface area contributed by atoms with E-state index in [1.54, 1.807) is 19.2 Å². The van der Waals surface area contributed by atoms with Crippen molar-refractivity contribution in [2.75, 3.05) is 20.2 Å². The van der Waals surface area contributed by atoms with Crippen LogP contribution in [0.4, 0.5) is 0 Å². The number of hydrogen-bond donors (Lipinski definition) is 2. The lowest BCUT2D eigenvalue weighted by Crippen LogP contribution is -2.43. The predicted octanol–water partition coefficient (Wildman–Crippen LogP) is 4.18. The number of benzene rings is 2. The number of methoxy groups -OCH3 is 1. The van der Waals surface area contributed by atoms with Crippen molar-refractivity contribution < 1.29 is 9.84 Å². The van der Waals surface area contributed by atoms with E-state index in [2.05, 4.69) is 10.2 Å². The molecule has 2 aromatic rings. The molecular weight excluding hydrogens is 391 g/mol. The Balaban J connectivity index is 1.56. The molecule has 26 heavy (non-hydrogen) atoms. The minimum Gasteiger partial charge on any atom is -0.504 e. The fourth-order valence-electron chi connectivity index (χ4n) is 3.07. The molecule has 0 aliphatic carbocycles. The maximum Gasteiger partial charge on any atom is 0.169 e. The summed E-state index contributed by atoms with van der Waals surface area (Å²) in [6.45, 7) is 2.14. The molecule has 0 saturated heterocycles. The second-order valence-electron chi connectivity index (χ2n) is 6.16. The second-order valence-corrected chi connectivity index (χ2v) is 7.36. The number of phenols is 1. The highest BCUT2D eigenvalue weighted by atomic mass is 35.5. The minimum absolute atomic E-state index is 0.239. The Hall–Kier alpha value is -1.69. The van der Waals surface area contributed by atoms with Crippen LogP contribution in [0.15, 0.2) is 30.3 Å². The molecule has 0 unspecified atom stereocenters. The summed E-state index contributed by atoms with van der Waals surface area (Å²) in [6, 6.07) is 9.42. The van der Waals surface area contributed by atoms with Crippen LogP contribution in [0.2, 0.25) is 10.0 Å². The zero-order chi connectivity index (χ0) is 18.7. The first kappa shape index (κ1) is 19.1. The fraction of sp³-hybridized carbons (Fsp3) is 0.316. The number of fused-ring (bicyclic) bond motifs is 1. The van der Waals surface area contributed by atoms with Gasteiger partial charge < -0.3 is 20.1 Å². The van der Waals surface area contributed by atoms with E-state index in [9.17, 15) is 5.11 Å². The van der Waals surface area contributed by atoms with Gasteiger partial charge in [-0.1, -0.05) is 35.3 Å². The van der Waals surface area contributed by atoms with Crippen molar-refractivity contribution >= 4 is 40.5 Å². The lowest BCUT2D eigenvalue weighted by molar-refractivity contribution is 0.351. The standard InChI is InChI=1S/C19H20Cl2N2O2S/c1-25-17-5-3-13-11-23(9-7-14(13)18(17)24)19(26)22-8-6-12-2-4-15(20)16(21)10-12/h2-5,10,24H,6-9,11H2,1H3,(H,22,26). The molecule has 0 atom stereocenters. The zero-order valence-electron chi connectivity index (χ0n) is 14.4. The van der Waals surface area contributed by atoms with Crippen LogP contribution in [-0.4, -0.2) is 35.3 Å². The first-order valence-electron chi connectivity index (χ1n) is 8.34. The average molecular weight is 411 g/mol. The monoisotopic (exact) mass is 410 g/mol. The highest BCUT2D eigenvalue weighted by molar-refractivity contribution is 7.80. The number of thiocarbonyl (C=S) groups is 1. The van der Waals surface area contributed by atoms with Gasteiger partial charge in [0.05, 0.1) is 17.2 Å². The molecule has 0 radical (unpaired) electrons. The smallest absolute Gasteiger partial charge is 0.169 e. The molecule has 2 N–H and O–H groups in total. The van der Waals surface area contributed by atoms with Crippen LogP contribution in [0.25, 0.3) is 0 Å². The molecule has 0 spiro atoms. The van der Waals surface area contributed by atoms with Gasteiger partial charge >= 0.3 is 0 Å². The van der Waals surface area contributed by atoms with Crippen LogP contribution in [0.5, 0.6) is 11.5 Å². The van der Waals surface area contributed by atoms with Gasteiger partial charge in [0.2, 0.25) is 0 Å². The number of halogens is 2. The Bertz CT molecular complexity index is 829. The van der Waals surface area contributed by atoms with Gasteiger partial charge in [0.25, 0.3) is 0 Å². The van der Waals surface area contributed by atoms with Crippen LogP contribution in [0.3, 0.4) is 0 Å². The molecule has 1 heterocycles. The van der Waals surface area contributed by atoms with Crippen molar-refractivity contribution in [2.45, 2.75) is 19.4 Å². The van der Waals surface area contributed by atoms with Gasteiger partial charge in [-0.3, -0.25) is 0 Å². The van der Waals surface area contributed by atoms with Crippen molar-refractivity contribution in [3.05, 3.63) is 57.1 Å². The third kappa shape index (κ3) is 4.17. The number of phenolic OH excluding ortho intramolecular Hbond substituents is 1. The van der Waals surface area contributed by atoms with Crippen molar-refractivity contribution in [3.8, 4) is 11.5 Å². The molecule has 138 valence electrons. The molecule has 2 aromatic carbocycles. The van der Waals surface area contributed by atoms with Crippen molar-refractivity contribution in [1.82, 2.24) is 10.2 Å². The lowest BCUT2D eigenvalue weighted by Gasteiger charge is -2.31. The molecule has 4 nitrogen and oxygen atoms in total. The van der Waals surface area contributed by atoms with E-state index < -0.39 is 0 Å². The van der Waals surface area contributed by atoms with E-state index >= 15 is 0 Å². The number of hydrogen-bond acceptors (Lipinski definition) is 3. The third-order valence-corrected chi connectivity index (χ3v) is 5.66. The summed E-state index contributed by atoms with van der Waals surface area (Å²) in [7, 11) is 1.56. The SMILES string of the molecule is COc1ccc2c(c1O)CCN(C(=S)NCCc1ccc(Cl)c(Cl)c1)C2. The minimum atomic E-state index is 0.239. The summed E-state index contributed by atoms with van der Waals surface area (Å²) in [4.78, 5) is 2.11. The first-order valence-corrected chi connectivity index (χ1v) is 9.50. The van der Waals surface area contributed by atoms with Crippen LogP contribution in [0.1, 0.15) is 16.7 Å². The molecule has 0 saturated carbocycles. The number of ether oxygens (including phenoxy) is 1. The number of nitrogens with one attached hydrogen (secondary N) is 1. The van der Waals surface area contributed by atoms with Crippen LogP contribution < -0.4 is 10.1 Å². The van der Waals surface area contributed by atoms with Crippen molar-refractivity contribution in [1.29, 1.82) is 0 Å². The number of aromatic hydroxyl groups is 1. The van der Waals surface area contributed by atoms with E-state index in [1.165, 1.54) is 0 Å². The Morgan fingerprint density at radius 2 is 2.08 bits per heavy atom. The normalized spacial score (nSPS) is 13.3. The molecule has 1 aliphatic heterocycles. The maximum absolute atomic E-state index is 10.3. The van der Waals surface area contributed by atoms with E-state index in [1.807, 2.05) is 18.2 Å². The van der Waals surface area contributed by atoms with Gasteiger partial charge in [-0.05, 0) is 54.4 Å². The average Bonchev–Trinajstić information content (AvgIpc) is 2.64. The summed E-state index contributed by atoms with van der Waals surface area (Å²) >= 11 is 17.5. The van der Waals surface area contributed by atoms with E-state index in [0.29, 0.717) is 34.0 Å². The van der Waals surface area contributed by atoms with E-state index in [4.69, 9.17) is 40.2 Å². The van der Waals surface area contributed by atoms with Crippen LogP contribution in [0, 0.1) is 0 Å². The Morgan fingerprint density at radius 1 is 1.27 bits per heavy atom. The highest BCUT2D eigenvalue weighted by Gasteiger charge is 2.22. The van der Waals surface area contributed by atoms with Crippen molar-refractivity contribution in [3.63, 3.8) is 0 Å². The summed E-state index contributed by atoms with van der Waals surface area (Å²) in [5, 5.41) is 15.4. The molecule has 7 heteroatoms. The Kier molecular flexibility index (Phi) is 6.12. The van der Waals surface area contributed by atoms with Gasteiger partial charge in [0.1, 0.15) is 0 Å². The molecule has 0 aromatic heterocycles. The van der Waals surface area contributed by atoms with Crippen LogP contribution >= 0.6 is 35.4 Å². The molecule has 0 bridgehead atoms. The topological polar surface area (TPSA) is 44.7 Å². The largest absolute Gasteiger partial charge is 0.504 e. The van der Waals surface area contributed by atoms with Gasteiger partial charge in [-0.25, -0.2) is 0 Å². The van der Waals surface area contributed by atoms with Gasteiger partial charge in [-0.2, -0.15) is 0 Å². The molecule has 3 rings (SSSR count). The van der Waals surface area contributed by atoms with Gasteiger partial charge in [-0.15, -0.1) is 0 Å². The number of nitrogens with zero attached hydrogens (tertiary/aromatic N) is 1. The lowest BCUT2D eigenvalue weighted by atomic mass is 9.98. The van der Waals surface area contributed by atoms with Crippen LogP contribution in [-0.2, 0) is 19.4 Å². The summed E-state index contributed by atoms with van der Waals surface area (Å²) < 4.78 is 5.18. The summed E-state index contributed by atoms with van der Waals surface area (Å²) in [5.74, 6) is 0.752. The molecular formula is C19H20Cl2N2O2S. The predicted molar refractivity (Wildman–Crippen MR) is 110 cm³/mol. The van der Waals surface area contributed by atoms with Gasteiger partial charge in [0.15, 0.2) is 16.6 Å². The zero-order valence-corrected chi connectivity index (χ0v) is 16.7. The maximum atomic E-state index is 10.3. The Labute approximate surface area is 168 Å². The van der Waals surface area contributed by atoms with E-state index in [0.717, 1.165) is 36.1 Å². The van der Waals surface area contributed by atoms with Crippen molar-refractivity contribution in [2.24, 2.45) is 0 Å². The van der Waals surface area contributed by atoms with Gasteiger partial charge in [0, 0.05) is 25.2 Å². The second kappa shape index (κ2) is 8.33. The Morgan fingerprint density at radius 3 is 2.81 bits per heavy atom. The number of rotatable bonds is 4. The highest BCUT2D eigenvalue weighted by Crippen LogP contribution is 2.35. The summed E-state index contributed by atoms with van der Waals surface area (Å²) in [6.07, 6.45) is 1.53. The third-order valence-electron chi connectivity index (χ3n) is 4.52.